The maximum Gasteiger partial charge on any atom is 0.305 e. The fourth-order valence-electron chi connectivity index (χ4n) is 2.76. The van der Waals surface area contributed by atoms with Crippen molar-refractivity contribution < 1.29 is 19.1 Å². The van der Waals surface area contributed by atoms with Crippen molar-refractivity contribution >= 4 is 11.9 Å². The van der Waals surface area contributed by atoms with Crippen LogP contribution in [0.3, 0.4) is 0 Å². The highest BCUT2D eigenvalue weighted by molar-refractivity contribution is 5.69. The van der Waals surface area contributed by atoms with E-state index >= 15 is 0 Å². The minimum atomic E-state index is -0.0852. The summed E-state index contributed by atoms with van der Waals surface area (Å²) in [6.07, 6.45) is 14.4. The summed E-state index contributed by atoms with van der Waals surface area (Å²) < 4.78 is 10.5. The molecule has 0 atom stereocenters. The van der Waals surface area contributed by atoms with Gasteiger partial charge in [0.25, 0.3) is 0 Å². The zero-order valence-corrected chi connectivity index (χ0v) is 18.4. The highest BCUT2D eigenvalue weighted by Crippen LogP contribution is 2.14. The van der Waals surface area contributed by atoms with Crippen LogP contribution in [0.2, 0.25) is 0 Å². The van der Waals surface area contributed by atoms with Gasteiger partial charge in [0, 0.05) is 12.8 Å². The summed E-state index contributed by atoms with van der Waals surface area (Å²) in [4.78, 5) is 23.2. The third-order valence-electron chi connectivity index (χ3n) is 4.44. The van der Waals surface area contributed by atoms with E-state index in [9.17, 15) is 9.59 Å². The summed E-state index contributed by atoms with van der Waals surface area (Å²) in [5, 5.41) is 0. The predicted molar refractivity (Wildman–Crippen MR) is 112 cm³/mol. The molecular formula is C23H44O4. The topological polar surface area (TPSA) is 52.6 Å². The summed E-state index contributed by atoms with van der Waals surface area (Å²) in [5.41, 5.74) is 0.0332. The molecule has 0 saturated heterocycles. The van der Waals surface area contributed by atoms with Gasteiger partial charge in [-0.2, -0.15) is 0 Å². The minimum Gasteiger partial charge on any atom is -0.466 e. The molecule has 4 heteroatoms. The molecule has 0 radical (unpaired) electrons. The summed E-state index contributed by atoms with van der Waals surface area (Å²) >= 11 is 0. The number of rotatable bonds is 17. The van der Waals surface area contributed by atoms with Gasteiger partial charge in [0.15, 0.2) is 0 Å². The molecule has 0 unspecified atom stereocenters. The summed E-state index contributed by atoms with van der Waals surface area (Å²) in [6.45, 7) is 9.46. The Labute approximate surface area is 167 Å². The van der Waals surface area contributed by atoms with E-state index in [0.717, 1.165) is 51.4 Å². The van der Waals surface area contributed by atoms with E-state index in [2.05, 4.69) is 27.7 Å². The maximum atomic E-state index is 11.6. The summed E-state index contributed by atoms with van der Waals surface area (Å²) in [5.74, 6) is -0.136. The van der Waals surface area contributed by atoms with Gasteiger partial charge in [0.2, 0.25) is 0 Å². The van der Waals surface area contributed by atoms with Gasteiger partial charge in [-0.25, -0.2) is 0 Å². The molecule has 0 saturated carbocycles. The first kappa shape index (κ1) is 25.9. The van der Waals surface area contributed by atoms with Crippen LogP contribution >= 0.6 is 0 Å². The van der Waals surface area contributed by atoms with Crippen LogP contribution in [0, 0.1) is 5.41 Å². The second-order valence-corrected chi connectivity index (χ2v) is 8.83. The van der Waals surface area contributed by atoms with Crippen LogP contribution in [0.25, 0.3) is 0 Å². The zero-order valence-electron chi connectivity index (χ0n) is 18.4. The molecule has 27 heavy (non-hydrogen) atoms. The average Bonchev–Trinajstić information content (AvgIpc) is 2.60. The Hall–Kier alpha value is -1.06. The quantitative estimate of drug-likeness (QED) is 0.209. The van der Waals surface area contributed by atoms with Gasteiger partial charge in [0.05, 0.1) is 13.2 Å². The van der Waals surface area contributed by atoms with Crippen molar-refractivity contribution in [2.24, 2.45) is 5.41 Å². The molecule has 0 aliphatic carbocycles. The molecule has 0 aromatic rings. The van der Waals surface area contributed by atoms with E-state index in [1.807, 2.05) is 0 Å². The fourth-order valence-corrected chi connectivity index (χ4v) is 2.76. The highest BCUT2D eigenvalue weighted by Gasteiger charge is 2.13. The third kappa shape index (κ3) is 21.1. The Morgan fingerprint density at radius 3 is 1.59 bits per heavy atom. The molecule has 0 heterocycles. The van der Waals surface area contributed by atoms with Crippen LogP contribution < -0.4 is 0 Å². The number of hydrogen-bond acceptors (Lipinski definition) is 4. The van der Waals surface area contributed by atoms with Crippen LogP contribution in [0.4, 0.5) is 0 Å². The molecule has 0 rings (SSSR count). The molecule has 0 fully saturated rings. The van der Waals surface area contributed by atoms with Crippen LogP contribution in [-0.4, -0.2) is 25.2 Å². The van der Waals surface area contributed by atoms with E-state index in [0.29, 0.717) is 26.1 Å². The lowest BCUT2D eigenvalue weighted by atomic mass is 9.99. The van der Waals surface area contributed by atoms with Gasteiger partial charge in [0.1, 0.15) is 0 Å². The lowest BCUT2D eigenvalue weighted by Gasteiger charge is -2.17. The standard InChI is InChI=1S/C23H44O4/c1-5-6-7-8-13-16-19-26-21(24)17-14-11-9-10-12-15-18-22(25)27-20-23(2,3)4/h5-20H2,1-4H3. The van der Waals surface area contributed by atoms with Gasteiger partial charge >= 0.3 is 11.9 Å². The fraction of sp³-hybridized carbons (Fsp3) is 0.913. The summed E-state index contributed by atoms with van der Waals surface area (Å²) in [7, 11) is 0. The van der Waals surface area contributed by atoms with Crippen LogP contribution in [-0.2, 0) is 19.1 Å². The number of carbonyl (C=O) groups excluding carboxylic acids is 2. The second-order valence-electron chi connectivity index (χ2n) is 8.83. The largest absolute Gasteiger partial charge is 0.466 e. The molecular weight excluding hydrogens is 340 g/mol. The molecule has 0 aliphatic heterocycles. The van der Waals surface area contributed by atoms with E-state index < -0.39 is 0 Å². The smallest absolute Gasteiger partial charge is 0.305 e. The van der Waals surface area contributed by atoms with Crippen molar-refractivity contribution in [3.63, 3.8) is 0 Å². The van der Waals surface area contributed by atoms with Crippen molar-refractivity contribution in [3.05, 3.63) is 0 Å². The number of carbonyl (C=O) groups is 2. The van der Waals surface area contributed by atoms with E-state index in [1.54, 1.807) is 0 Å². The normalized spacial score (nSPS) is 11.4. The number of hydrogen-bond donors (Lipinski definition) is 0. The predicted octanol–water partition coefficient (Wildman–Crippen LogP) is 6.60. The molecule has 0 aliphatic rings. The van der Waals surface area contributed by atoms with Crippen molar-refractivity contribution in [1.82, 2.24) is 0 Å². The molecule has 0 bridgehead atoms. The first-order chi connectivity index (χ1) is 12.8. The number of esters is 2. The van der Waals surface area contributed by atoms with Crippen molar-refractivity contribution in [2.75, 3.05) is 13.2 Å². The van der Waals surface area contributed by atoms with Crippen molar-refractivity contribution in [3.8, 4) is 0 Å². The number of unbranched alkanes of at least 4 members (excludes halogenated alkanes) is 10. The molecule has 4 nitrogen and oxygen atoms in total. The average molecular weight is 385 g/mol. The van der Waals surface area contributed by atoms with Gasteiger partial charge < -0.3 is 9.47 Å². The number of ether oxygens (including phenoxy) is 2. The van der Waals surface area contributed by atoms with E-state index in [-0.39, 0.29) is 17.4 Å². The maximum absolute atomic E-state index is 11.6. The van der Waals surface area contributed by atoms with Crippen LogP contribution in [0.15, 0.2) is 0 Å². The Morgan fingerprint density at radius 1 is 0.630 bits per heavy atom. The van der Waals surface area contributed by atoms with E-state index in [1.165, 1.54) is 25.7 Å². The molecule has 0 N–H and O–H groups in total. The second kappa shape index (κ2) is 17.1. The van der Waals surface area contributed by atoms with Gasteiger partial charge in [-0.05, 0) is 24.7 Å². The Morgan fingerprint density at radius 2 is 1.07 bits per heavy atom. The SMILES string of the molecule is CCCCCCCCOC(=O)CCCCCCCCC(=O)OCC(C)(C)C. The Bertz CT molecular complexity index is 371. The van der Waals surface area contributed by atoms with Crippen molar-refractivity contribution in [2.45, 2.75) is 118 Å². The van der Waals surface area contributed by atoms with Crippen LogP contribution in [0.1, 0.15) is 118 Å². The molecule has 0 amide bonds. The zero-order chi connectivity index (χ0) is 20.4. The first-order valence-corrected chi connectivity index (χ1v) is 11.2. The Kier molecular flexibility index (Phi) is 16.4. The highest BCUT2D eigenvalue weighted by atomic mass is 16.5. The lowest BCUT2D eigenvalue weighted by Crippen LogP contribution is -2.18. The van der Waals surface area contributed by atoms with Gasteiger partial charge in [-0.3, -0.25) is 9.59 Å². The third-order valence-corrected chi connectivity index (χ3v) is 4.44. The van der Waals surface area contributed by atoms with Gasteiger partial charge in [-0.15, -0.1) is 0 Å². The molecule has 0 aromatic heterocycles. The van der Waals surface area contributed by atoms with E-state index in [4.69, 9.17) is 9.47 Å². The first-order valence-electron chi connectivity index (χ1n) is 11.2. The molecule has 0 aromatic carbocycles. The molecule has 0 spiro atoms. The minimum absolute atomic E-state index is 0.0332. The lowest BCUT2D eigenvalue weighted by molar-refractivity contribution is -0.146. The van der Waals surface area contributed by atoms with Crippen LogP contribution in [0.5, 0.6) is 0 Å². The summed E-state index contributed by atoms with van der Waals surface area (Å²) in [6, 6.07) is 0. The van der Waals surface area contributed by atoms with Crippen molar-refractivity contribution in [1.29, 1.82) is 0 Å². The Balaban J connectivity index is 3.32. The molecule has 160 valence electrons. The van der Waals surface area contributed by atoms with Gasteiger partial charge in [-0.1, -0.05) is 85.5 Å². The monoisotopic (exact) mass is 384 g/mol.